The van der Waals surface area contributed by atoms with Crippen molar-refractivity contribution in [1.82, 2.24) is 0 Å². The first-order valence-corrected chi connectivity index (χ1v) is 6.86. The van der Waals surface area contributed by atoms with Crippen molar-refractivity contribution in [1.29, 1.82) is 0 Å². The Balaban J connectivity index is 2.02. The topological polar surface area (TPSA) is 9.23 Å². The van der Waals surface area contributed by atoms with E-state index in [1.54, 1.807) is 6.08 Å². The fraction of sp³-hybridized carbons (Fsp3) is 0. The van der Waals surface area contributed by atoms with Crippen LogP contribution >= 0.6 is 11.8 Å². The molecule has 106 valence electrons. The molecule has 0 atom stereocenters. The second-order valence-corrected chi connectivity index (χ2v) is 5.48. The van der Waals surface area contributed by atoms with Crippen LogP contribution in [0.5, 0.6) is 5.75 Å². The summed E-state index contributed by atoms with van der Waals surface area (Å²) >= 11 is 1.07. The van der Waals surface area contributed by atoms with E-state index < -0.39 is 17.5 Å². The number of allylic oxidation sites excluding steroid dienone is 1. The highest BCUT2D eigenvalue weighted by Crippen LogP contribution is 2.43. The second kappa shape index (κ2) is 5.33. The van der Waals surface area contributed by atoms with E-state index >= 15 is 0 Å². The lowest BCUT2D eigenvalue weighted by molar-refractivity contribution is 0.440. The van der Waals surface area contributed by atoms with Gasteiger partial charge in [0.2, 0.25) is 0 Å². The summed E-state index contributed by atoms with van der Waals surface area (Å²) in [6.07, 6.45) is 1.59. The largest absolute Gasteiger partial charge is 0.457 e. The highest BCUT2D eigenvalue weighted by molar-refractivity contribution is 8.08. The number of halogens is 3. The lowest BCUT2D eigenvalue weighted by Gasteiger charge is -2.19. The Hall–Kier alpha value is -2.14. The van der Waals surface area contributed by atoms with Crippen LogP contribution in [0.25, 0.3) is 4.91 Å². The first kappa shape index (κ1) is 13.8. The van der Waals surface area contributed by atoms with Gasteiger partial charge in [-0.1, -0.05) is 18.3 Å². The van der Waals surface area contributed by atoms with Crippen molar-refractivity contribution in [2.24, 2.45) is 0 Å². The summed E-state index contributed by atoms with van der Waals surface area (Å²) in [5, 5.41) is 0. The van der Waals surface area contributed by atoms with E-state index in [1.165, 1.54) is 30.3 Å². The molecule has 0 aromatic heterocycles. The molecule has 0 saturated carbocycles. The monoisotopic (exact) mass is 306 g/mol. The van der Waals surface area contributed by atoms with E-state index in [0.29, 0.717) is 22.0 Å². The Labute approximate surface area is 123 Å². The van der Waals surface area contributed by atoms with Gasteiger partial charge in [-0.25, -0.2) is 13.2 Å². The van der Waals surface area contributed by atoms with Crippen LogP contribution in [0.15, 0.2) is 59.7 Å². The van der Waals surface area contributed by atoms with Gasteiger partial charge in [-0.05, 0) is 36.4 Å². The van der Waals surface area contributed by atoms with Gasteiger partial charge >= 0.3 is 0 Å². The standard InChI is InChI=1S/C16H9F3OS/c1-9-6-16(12-7-10(17)2-4-14(12)20-9)21-15-5-3-11(18)8-13(15)19/h2-8H,1H2. The molecule has 0 bridgehead atoms. The van der Waals surface area contributed by atoms with E-state index in [-0.39, 0.29) is 4.90 Å². The molecule has 1 aliphatic rings. The van der Waals surface area contributed by atoms with Crippen LogP contribution in [0.3, 0.4) is 0 Å². The second-order valence-electron chi connectivity index (χ2n) is 4.39. The molecule has 3 rings (SSSR count). The van der Waals surface area contributed by atoms with Crippen molar-refractivity contribution < 1.29 is 17.9 Å². The molecule has 0 fully saturated rings. The molecule has 0 radical (unpaired) electrons. The molecule has 0 N–H and O–H groups in total. The minimum absolute atomic E-state index is 0.243. The van der Waals surface area contributed by atoms with Crippen molar-refractivity contribution in [3.63, 3.8) is 0 Å². The zero-order valence-corrected chi connectivity index (χ0v) is 11.5. The van der Waals surface area contributed by atoms with Crippen molar-refractivity contribution in [3.8, 4) is 5.75 Å². The predicted molar refractivity (Wildman–Crippen MR) is 76.4 cm³/mol. The lowest BCUT2D eigenvalue weighted by Crippen LogP contribution is -2.01. The fourth-order valence-corrected chi connectivity index (χ4v) is 2.93. The maximum atomic E-state index is 13.7. The van der Waals surface area contributed by atoms with E-state index in [2.05, 4.69) is 6.58 Å². The van der Waals surface area contributed by atoms with Gasteiger partial charge < -0.3 is 4.74 Å². The summed E-state index contributed by atoms with van der Waals surface area (Å²) in [5.74, 6) is -0.909. The van der Waals surface area contributed by atoms with Crippen molar-refractivity contribution in [2.45, 2.75) is 4.90 Å². The molecule has 1 heterocycles. The number of ether oxygens (including phenoxy) is 1. The fourth-order valence-electron chi connectivity index (χ4n) is 1.94. The first-order valence-electron chi connectivity index (χ1n) is 6.04. The Morgan fingerprint density at radius 2 is 1.67 bits per heavy atom. The van der Waals surface area contributed by atoms with Crippen LogP contribution < -0.4 is 4.74 Å². The number of hydrogen-bond acceptors (Lipinski definition) is 2. The summed E-state index contributed by atoms with van der Waals surface area (Å²) in [6, 6.07) is 7.40. The molecule has 0 spiro atoms. The van der Waals surface area contributed by atoms with Gasteiger partial charge in [0, 0.05) is 21.4 Å². The van der Waals surface area contributed by atoms with E-state index in [0.717, 1.165) is 17.8 Å². The molecular weight excluding hydrogens is 297 g/mol. The summed E-state index contributed by atoms with van der Waals surface area (Å²) in [5.41, 5.74) is 0.510. The Morgan fingerprint density at radius 3 is 2.43 bits per heavy atom. The molecule has 2 aromatic carbocycles. The summed E-state index contributed by atoms with van der Waals surface area (Å²) in [6.45, 7) is 3.70. The third-order valence-corrected chi connectivity index (χ3v) is 3.96. The zero-order chi connectivity index (χ0) is 15.0. The van der Waals surface area contributed by atoms with Crippen LogP contribution in [0, 0.1) is 17.5 Å². The van der Waals surface area contributed by atoms with Gasteiger partial charge in [0.15, 0.2) is 0 Å². The predicted octanol–water partition coefficient (Wildman–Crippen LogP) is 5.14. The van der Waals surface area contributed by atoms with Crippen LogP contribution in [0.2, 0.25) is 0 Å². The van der Waals surface area contributed by atoms with Gasteiger partial charge in [0.1, 0.15) is 29.0 Å². The smallest absolute Gasteiger partial charge is 0.140 e. The molecule has 0 aliphatic carbocycles. The summed E-state index contributed by atoms with van der Waals surface area (Å²) in [7, 11) is 0. The molecule has 1 nitrogen and oxygen atoms in total. The quantitative estimate of drug-likeness (QED) is 0.759. The Bertz CT molecular complexity index is 768. The normalized spacial score (nSPS) is 13.5. The number of fused-ring (bicyclic) bond motifs is 1. The van der Waals surface area contributed by atoms with Crippen molar-refractivity contribution in [2.75, 3.05) is 0 Å². The first-order chi connectivity index (χ1) is 10.0. The number of rotatable bonds is 2. The molecule has 0 amide bonds. The molecular formula is C16H9F3OS. The van der Waals surface area contributed by atoms with Crippen LogP contribution in [-0.4, -0.2) is 0 Å². The third kappa shape index (κ3) is 2.83. The third-order valence-electron chi connectivity index (χ3n) is 2.85. The van der Waals surface area contributed by atoms with Gasteiger partial charge in [-0.15, -0.1) is 0 Å². The highest BCUT2D eigenvalue weighted by atomic mass is 32.2. The lowest BCUT2D eigenvalue weighted by atomic mass is 10.1. The minimum Gasteiger partial charge on any atom is -0.457 e. The molecule has 1 aliphatic heterocycles. The van der Waals surface area contributed by atoms with Crippen LogP contribution in [0.1, 0.15) is 5.56 Å². The average molecular weight is 306 g/mol. The minimum atomic E-state index is -0.670. The molecule has 0 unspecified atom stereocenters. The van der Waals surface area contributed by atoms with Crippen LogP contribution in [0.4, 0.5) is 13.2 Å². The number of thioether (sulfide) groups is 1. The average Bonchev–Trinajstić information content (AvgIpc) is 2.42. The molecule has 21 heavy (non-hydrogen) atoms. The molecule has 0 saturated heterocycles. The van der Waals surface area contributed by atoms with Gasteiger partial charge in [0.25, 0.3) is 0 Å². The maximum Gasteiger partial charge on any atom is 0.140 e. The van der Waals surface area contributed by atoms with Crippen LogP contribution in [-0.2, 0) is 0 Å². The maximum absolute atomic E-state index is 13.7. The molecule has 5 heteroatoms. The highest BCUT2D eigenvalue weighted by Gasteiger charge is 2.19. The van der Waals surface area contributed by atoms with Gasteiger partial charge in [-0.3, -0.25) is 0 Å². The molecule has 2 aromatic rings. The number of benzene rings is 2. The van der Waals surface area contributed by atoms with Crippen molar-refractivity contribution >= 4 is 16.7 Å². The number of hydrogen-bond donors (Lipinski definition) is 0. The summed E-state index contributed by atoms with van der Waals surface area (Å²) in [4.78, 5) is 0.832. The van der Waals surface area contributed by atoms with E-state index in [9.17, 15) is 13.2 Å². The Kier molecular flexibility index (Phi) is 3.51. The van der Waals surface area contributed by atoms with Gasteiger partial charge in [-0.2, -0.15) is 0 Å². The SMILES string of the molecule is C=C1C=C(Sc2ccc(F)cc2F)c2cc(F)ccc2O1. The summed E-state index contributed by atoms with van der Waals surface area (Å²) < 4.78 is 45.5. The van der Waals surface area contributed by atoms with Crippen molar-refractivity contribution in [3.05, 3.63) is 77.8 Å². The van der Waals surface area contributed by atoms with E-state index in [1.807, 2.05) is 0 Å². The Morgan fingerprint density at radius 1 is 0.952 bits per heavy atom. The van der Waals surface area contributed by atoms with E-state index in [4.69, 9.17) is 4.74 Å². The zero-order valence-electron chi connectivity index (χ0n) is 10.7. The van der Waals surface area contributed by atoms with Gasteiger partial charge in [0.05, 0.1) is 0 Å².